The third kappa shape index (κ3) is 1.76. The minimum atomic E-state index is -0.216. The van der Waals surface area contributed by atoms with Crippen LogP contribution in [0.5, 0.6) is 0 Å². The van der Waals surface area contributed by atoms with Crippen LogP contribution in [0.4, 0.5) is 5.69 Å². The number of allylic oxidation sites excluding steroid dienone is 2. The largest absolute Gasteiger partial charge is 0.398 e. The zero-order valence-corrected chi connectivity index (χ0v) is 10.1. The van der Waals surface area contributed by atoms with Gasteiger partial charge in [0, 0.05) is 16.8 Å². The number of carbonyl (C=O) groups is 2. The van der Waals surface area contributed by atoms with Gasteiger partial charge in [0.1, 0.15) is 0 Å². The monoisotopic (exact) mass is 249 g/mol. The van der Waals surface area contributed by atoms with E-state index >= 15 is 0 Å². The smallest absolute Gasteiger partial charge is 0.194 e. The molecule has 0 radical (unpaired) electrons. The molecule has 2 N–H and O–H groups in total. The van der Waals surface area contributed by atoms with Crippen LogP contribution >= 0.6 is 0 Å². The summed E-state index contributed by atoms with van der Waals surface area (Å²) >= 11 is 0. The Morgan fingerprint density at radius 3 is 2.32 bits per heavy atom. The van der Waals surface area contributed by atoms with Crippen LogP contribution in [-0.2, 0) is 0 Å². The Hall–Kier alpha value is -2.68. The van der Waals surface area contributed by atoms with Gasteiger partial charge < -0.3 is 5.73 Å². The number of Topliss-reactive ketones (excluding diaryl/α,β-unsaturated/α-hetero) is 1. The number of hydrogen-bond acceptors (Lipinski definition) is 3. The van der Waals surface area contributed by atoms with E-state index in [2.05, 4.69) is 0 Å². The second kappa shape index (κ2) is 4.21. The van der Waals surface area contributed by atoms with Crippen molar-refractivity contribution < 1.29 is 9.59 Å². The van der Waals surface area contributed by atoms with Crippen molar-refractivity contribution in [3.63, 3.8) is 0 Å². The van der Waals surface area contributed by atoms with Crippen molar-refractivity contribution in [2.45, 2.75) is 0 Å². The third-order valence-corrected chi connectivity index (χ3v) is 3.19. The summed E-state index contributed by atoms with van der Waals surface area (Å²) in [7, 11) is 0. The van der Waals surface area contributed by atoms with E-state index in [9.17, 15) is 9.59 Å². The fourth-order valence-corrected chi connectivity index (χ4v) is 2.28. The van der Waals surface area contributed by atoms with Crippen molar-refractivity contribution in [1.82, 2.24) is 0 Å². The molecule has 0 saturated carbocycles. The van der Waals surface area contributed by atoms with Crippen LogP contribution in [0.1, 0.15) is 26.3 Å². The highest BCUT2D eigenvalue weighted by atomic mass is 16.1. The molecule has 2 aromatic rings. The van der Waals surface area contributed by atoms with Gasteiger partial charge in [-0.1, -0.05) is 42.5 Å². The maximum Gasteiger partial charge on any atom is 0.194 e. The van der Waals surface area contributed by atoms with E-state index in [1.165, 1.54) is 6.08 Å². The highest BCUT2D eigenvalue weighted by molar-refractivity contribution is 6.39. The highest BCUT2D eigenvalue weighted by Crippen LogP contribution is 2.30. The molecule has 1 aliphatic carbocycles. The van der Waals surface area contributed by atoms with Crippen LogP contribution in [0.15, 0.2) is 54.6 Å². The van der Waals surface area contributed by atoms with Crippen LogP contribution in [0, 0.1) is 0 Å². The Bertz CT molecular complexity index is 715. The van der Waals surface area contributed by atoms with Crippen LogP contribution in [0.3, 0.4) is 0 Å². The summed E-state index contributed by atoms with van der Waals surface area (Å²) in [5, 5.41) is 0. The molecule has 0 amide bonds. The van der Waals surface area contributed by atoms with Gasteiger partial charge in [0.15, 0.2) is 11.6 Å². The van der Waals surface area contributed by atoms with Crippen molar-refractivity contribution in [1.29, 1.82) is 0 Å². The van der Waals surface area contributed by atoms with E-state index in [4.69, 9.17) is 5.73 Å². The lowest BCUT2D eigenvalue weighted by molar-refractivity contribution is 0.100. The molecule has 3 rings (SSSR count). The summed E-state index contributed by atoms with van der Waals surface area (Å²) in [6.45, 7) is 0. The number of anilines is 1. The molecule has 1 aliphatic rings. The quantitative estimate of drug-likeness (QED) is 0.790. The molecule has 3 nitrogen and oxygen atoms in total. The van der Waals surface area contributed by atoms with Crippen molar-refractivity contribution >= 4 is 22.8 Å². The molecule has 0 atom stereocenters. The zero-order chi connectivity index (χ0) is 13.4. The number of hydrogen-bond donors (Lipinski definition) is 1. The Morgan fingerprint density at radius 2 is 1.58 bits per heavy atom. The van der Waals surface area contributed by atoms with Gasteiger partial charge in [-0.2, -0.15) is 0 Å². The van der Waals surface area contributed by atoms with Crippen molar-refractivity contribution in [2.24, 2.45) is 0 Å². The molecule has 92 valence electrons. The normalized spacial score (nSPS) is 14.0. The van der Waals surface area contributed by atoms with Gasteiger partial charge in [0.2, 0.25) is 0 Å². The van der Waals surface area contributed by atoms with Gasteiger partial charge in [-0.15, -0.1) is 0 Å². The molecular formula is C16H11NO2. The number of nitrogen functional groups attached to an aromatic ring is 1. The minimum Gasteiger partial charge on any atom is -0.398 e. The van der Waals surface area contributed by atoms with Crippen LogP contribution < -0.4 is 5.73 Å². The fourth-order valence-electron chi connectivity index (χ4n) is 2.28. The SMILES string of the molecule is Nc1cccc2c1C(=O)C=C(c1ccccc1)C2=O. The van der Waals surface area contributed by atoms with Gasteiger partial charge in [0.25, 0.3) is 0 Å². The second-order valence-corrected chi connectivity index (χ2v) is 4.39. The number of carbonyl (C=O) groups excluding carboxylic acids is 2. The molecule has 0 heterocycles. The fraction of sp³-hybridized carbons (Fsp3) is 0. The lowest BCUT2D eigenvalue weighted by atomic mass is 9.85. The van der Waals surface area contributed by atoms with Crippen LogP contribution in [0.2, 0.25) is 0 Å². The first-order chi connectivity index (χ1) is 9.18. The number of ketones is 2. The number of fused-ring (bicyclic) bond motifs is 1. The molecule has 0 fully saturated rings. The predicted molar refractivity (Wildman–Crippen MR) is 73.9 cm³/mol. The average molecular weight is 249 g/mol. The van der Waals surface area contributed by atoms with Gasteiger partial charge in [-0.3, -0.25) is 9.59 Å². The van der Waals surface area contributed by atoms with Crippen LogP contribution in [0.25, 0.3) is 5.57 Å². The molecule has 19 heavy (non-hydrogen) atoms. The van der Waals surface area contributed by atoms with Crippen molar-refractivity contribution in [3.05, 3.63) is 71.3 Å². The summed E-state index contributed by atoms with van der Waals surface area (Å²) in [6.07, 6.45) is 1.37. The Kier molecular flexibility index (Phi) is 2.53. The Morgan fingerprint density at radius 1 is 0.842 bits per heavy atom. The molecule has 2 aromatic carbocycles. The second-order valence-electron chi connectivity index (χ2n) is 4.39. The maximum absolute atomic E-state index is 12.4. The van der Waals surface area contributed by atoms with E-state index in [0.717, 1.165) is 5.56 Å². The van der Waals surface area contributed by atoms with E-state index in [1.54, 1.807) is 18.2 Å². The van der Waals surface area contributed by atoms with E-state index in [0.29, 0.717) is 22.4 Å². The summed E-state index contributed by atoms with van der Waals surface area (Å²) in [6, 6.07) is 14.1. The molecule has 3 heteroatoms. The Labute approximate surface area is 110 Å². The summed E-state index contributed by atoms with van der Waals surface area (Å²) in [5.41, 5.74) is 7.98. The minimum absolute atomic E-state index is 0.159. The molecule has 0 saturated heterocycles. The van der Waals surface area contributed by atoms with Crippen LogP contribution in [-0.4, -0.2) is 11.6 Å². The predicted octanol–water partition coefficient (Wildman–Crippen LogP) is 2.73. The van der Waals surface area contributed by atoms with Gasteiger partial charge in [-0.25, -0.2) is 0 Å². The lowest BCUT2D eigenvalue weighted by Crippen LogP contribution is -2.17. The van der Waals surface area contributed by atoms with Crippen molar-refractivity contribution in [3.8, 4) is 0 Å². The molecule has 0 aromatic heterocycles. The van der Waals surface area contributed by atoms with E-state index < -0.39 is 0 Å². The van der Waals surface area contributed by atoms with Gasteiger partial charge >= 0.3 is 0 Å². The van der Waals surface area contributed by atoms with E-state index in [1.807, 2.05) is 30.3 Å². The van der Waals surface area contributed by atoms with Crippen molar-refractivity contribution in [2.75, 3.05) is 5.73 Å². The maximum atomic E-state index is 12.4. The first kappa shape index (κ1) is 11.4. The summed E-state index contributed by atoms with van der Waals surface area (Å²) in [5.74, 6) is -0.375. The molecule has 0 spiro atoms. The number of nitrogens with two attached hydrogens (primary N) is 1. The average Bonchev–Trinajstić information content (AvgIpc) is 2.43. The topological polar surface area (TPSA) is 60.2 Å². The molecule has 0 unspecified atom stereocenters. The lowest BCUT2D eigenvalue weighted by Gasteiger charge is -2.16. The van der Waals surface area contributed by atoms with Gasteiger partial charge in [0.05, 0.1) is 5.56 Å². The molecule has 0 aliphatic heterocycles. The van der Waals surface area contributed by atoms with Gasteiger partial charge in [-0.05, 0) is 17.7 Å². The number of rotatable bonds is 1. The van der Waals surface area contributed by atoms with E-state index in [-0.39, 0.29) is 11.6 Å². The summed E-state index contributed by atoms with van der Waals surface area (Å²) < 4.78 is 0. The number of benzene rings is 2. The summed E-state index contributed by atoms with van der Waals surface area (Å²) in [4.78, 5) is 24.6. The molecule has 0 bridgehead atoms. The standard InChI is InChI=1S/C16H11NO2/c17-13-8-4-7-11-15(13)14(18)9-12(16(11)19)10-5-2-1-3-6-10/h1-9H,17H2. The highest BCUT2D eigenvalue weighted by Gasteiger charge is 2.27. The first-order valence-electron chi connectivity index (χ1n) is 5.93. The molecular weight excluding hydrogens is 238 g/mol. The first-order valence-corrected chi connectivity index (χ1v) is 5.93. The third-order valence-electron chi connectivity index (χ3n) is 3.19. The Balaban J connectivity index is 2.19. The zero-order valence-electron chi connectivity index (χ0n) is 10.1.